The van der Waals surface area contributed by atoms with Gasteiger partial charge in [-0.1, -0.05) is 42.6 Å². The molecule has 0 radical (unpaired) electrons. The van der Waals surface area contributed by atoms with Gasteiger partial charge in [0.2, 0.25) is 20.0 Å². The minimum absolute atomic E-state index is 0.122. The number of benzene rings is 1. The third kappa shape index (κ3) is 4.91. The number of anilines is 1. The molecule has 0 amide bonds. The lowest BCUT2D eigenvalue weighted by Crippen LogP contribution is -2.35. The van der Waals surface area contributed by atoms with Crippen molar-refractivity contribution in [3.05, 3.63) is 34.1 Å². The molecule has 1 aromatic heterocycles. The van der Waals surface area contributed by atoms with Crippen LogP contribution in [0.1, 0.15) is 5.69 Å². The summed E-state index contributed by atoms with van der Waals surface area (Å²) < 4.78 is 113. The molecule has 2 rings (SSSR count). The molecule has 0 aliphatic rings. The van der Waals surface area contributed by atoms with Gasteiger partial charge in [-0.15, -0.1) is 0 Å². The lowest BCUT2D eigenvalue weighted by molar-refractivity contribution is 0.364. The first-order valence-electron chi connectivity index (χ1n) is 7.00. The second kappa shape index (κ2) is 6.36. The molecule has 0 spiro atoms. The van der Waals surface area contributed by atoms with Gasteiger partial charge in [0, 0.05) is 0 Å². The quantitative estimate of drug-likeness (QED) is 0.524. The van der Waals surface area contributed by atoms with Gasteiger partial charge in [0.1, 0.15) is 22.3 Å². The summed E-state index contributed by atoms with van der Waals surface area (Å²) >= 11 is 11.3. The largest absolute Gasteiger partial charge is 0.310 e. The van der Waals surface area contributed by atoms with Crippen molar-refractivity contribution in [1.82, 2.24) is 9.78 Å². The summed E-state index contributed by atoms with van der Waals surface area (Å²) in [5.74, 6) is 0. The molecule has 0 saturated heterocycles. The minimum Gasteiger partial charge on any atom is -0.234 e. The van der Waals surface area contributed by atoms with E-state index < -0.39 is 62.3 Å². The molecule has 0 N–H and O–H groups in total. The molecule has 30 heavy (non-hydrogen) atoms. The Kier molecular flexibility index (Phi) is 5.18. The number of nitriles is 1. The summed E-state index contributed by atoms with van der Waals surface area (Å²) in [5, 5.41) is 10.8. The molecular formula is C12H9Cl2F5N4O4S3. The topological polar surface area (TPSA) is 113 Å². The normalized spacial score (nSPS) is 15.2. The van der Waals surface area contributed by atoms with E-state index in [1.165, 1.54) is 6.07 Å². The number of aromatic nitrogens is 2. The highest BCUT2D eigenvalue weighted by Gasteiger charge is 2.65. The van der Waals surface area contributed by atoms with Crippen molar-refractivity contribution in [2.24, 2.45) is 0 Å². The summed E-state index contributed by atoms with van der Waals surface area (Å²) in [6.45, 7) is 0. The van der Waals surface area contributed by atoms with Crippen LogP contribution < -0.4 is 3.71 Å². The summed E-state index contributed by atoms with van der Waals surface area (Å²) in [7, 11) is -19.2. The van der Waals surface area contributed by atoms with E-state index in [1.54, 1.807) is 0 Å². The Hall–Kier alpha value is -1.80. The van der Waals surface area contributed by atoms with Crippen LogP contribution in [0.2, 0.25) is 10.0 Å². The molecular weight excluding hydrogens is 526 g/mol. The van der Waals surface area contributed by atoms with E-state index >= 15 is 0 Å². The van der Waals surface area contributed by atoms with Crippen LogP contribution in [0.25, 0.3) is 5.69 Å². The average Bonchev–Trinajstić information content (AvgIpc) is 2.83. The number of nitrogens with zero attached hydrogens (tertiary/aromatic N) is 4. The summed E-state index contributed by atoms with van der Waals surface area (Å²) in [4.78, 5) is -2.39. The Labute approximate surface area is 177 Å². The van der Waals surface area contributed by atoms with E-state index in [2.05, 4.69) is 5.10 Å². The van der Waals surface area contributed by atoms with Crippen LogP contribution in [-0.2, 0) is 20.0 Å². The van der Waals surface area contributed by atoms with E-state index in [9.17, 15) is 36.3 Å². The van der Waals surface area contributed by atoms with E-state index in [0.29, 0.717) is 23.4 Å². The highest BCUT2D eigenvalue weighted by atomic mass is 35.5. The van der Waals surface area contributed by atoms with Gasteiger partial charge in [0.25, 0.3) is 0 Å². The second-order valence-electron chi connectivity index (χ2n) is 5.85. The molecule has 0 saturated carbocycles. The van der Waals surface area contributed by atoms with Crippen molar-refractivity contribution in [3.63, 3.8) is 0 Å². The molecule has 0 atom stereocenters. The highest BCUT2D eigenvalue weighted by Crippen LogP contribution is 3.02. The Bertz CT molecular complexity index is 1260. The van der Waals surface area contributed by atoms with Crippen LogP contribution in [0.5, 0.6) is 0 Å². The van der Waals surface area contributed by atoms with Gasteiger partial charge >= 0.3 is 10.2 Å². The zero-order valence-electron chi connectivity index (χ0n) is 14.5. The average molecular weight is 535 g/mol. The number of halogens is 7. The molecule has 0 unspecified atom stereocenters. The fraction of sp³-hybridized carbons (Fsp3) is 0.167. The minimum atomic E-state index is -10.1. The van der Waals surface area contributed by atoms with E-state index in [-0.39, 0.29) is 15.8 Å². The molecule has 0 aliphatic carbocycles. The van der Waals surface area contributed by atoms with Crippen LogP contribution in [0, 0.1) is 11.3 Å². The van der Waals surface area contributed by atoms with Crippen molar-refractivity contribution in [3.8, 4) is 11.8 Å². The van der Waals surface area contributed by atoms with Crippen LogP contribution >= 0.6 is 33.4 Å². The van der Waals surface area contributed by atoms with Crippen molar-refractivity contribution < 1.29 is 36.3 Å². The first-order chi connectivity index (χ1) is 13.1. The summed E-state index contributed by atoms with van der Waals surface area (Å²) in [6.07, 6.45) is 1.65. The first-order valence-corrected chi connectivity index (χ1v) is 13.4. The summed E-state index contributed by atoms with van der Waals surface area (Å²) in [6, 6.07) is 1.17. The van der Waals surface area contributed by atoms with Crippen molar-refractivity contribution in [2.45, 2.75) is 4.90 Å². The smallest absolute Gasteiger partial charge is 0.234 e. The van der Waals surface area contributed by atoms with E-state index in [4.69, 9.17) is 28.5 Å². The highest BCUT2D eigenvalue weighted by molar-refractivity contribution is 8.45. The Morgan fingerprint density at radius 3 is 1.80 bits per heavy atom. The third-order valence-electron chi connectivity index (χ3n) is 3.26. The number of rotatable bonds is 5. The van der Waals surface area contributed by atoms with Crippen LogP contribution in [-0.4, -0.2) is 39.1 Å². The van der Waals surface area contributed by atoms with Gasteiger partial charge in [-0.2, -0.15) is 14.1 Å². The van der Waals surface area contributed by atoms with Crippen molar-refractivity contribution in [2.75, 3.05) is 16.2 Å². The van der Waals surface area contributed by atoms with Gasteiger partial charge in [-0.3, -0.25) is 0 Å². The second-order valence-corrected chi connectivity index (χ2v) is 13.0. The zero-order chi connectivity index (χ0) is 23.6. The van der Waals surface area contributed by atoms with Gasteiger partial charge in [-0.05, 0) is 12.1 Å². The summed E-state index contributed by atoms with van der Waals surface area (Å²) in [5.41, 5.74) is -2.20. The maximum Gasteiger partial charge on any atom is 0.310 e. The molecule has 0 bridgehead atoms. The predicted molar refractivity (Wildman–Crippen MR) is 102 cm³/mol. The molecule has 18 heteroatoms. The predicted octanol–water partition coefficient (Wildman–Crippen LogP) is 4.43. The number of hydrogen-bond donors (Lipinski definition) is 0. The molecule has 0 fully saturated rings. The van der Waals surface area contributed by atoms with Crippen LogP contribution in [0.3, 0.4) is 0 Å². The third-order valence-corrected chi connectivity index (χ3v) is 8.19. The Morgan fingerprint density at radius 2 is 1.47 bits per heavy atom. The Morgan fingerprint density at radius 1 is 1.03 bits per heavy atom. The Balaban J connectivity index is 2.83. The van der Waals surface area contributed by atoms with E-state index in [1.807, 2.05) is 0 Å². The standard InChI is InChI=1S/C12H9Cl2F5N4O4S3/c1-28(24,25)23(29(2,26)27)11-6-22(21-10(11)5-20)12-8(13)3-7(4-9(12)14)30(15,16,17,18)19/h3-4,6H,1-2H3. The van der Waals surface area contributed by atoms with Gasteiger partial charge in [0.05, 0.1) is 28.8 Å². The van der Waals surface area contributed by atoms with Gasteiger partial charge < -0.3 is 0 Å². The fourth-order valence-corrected chi connectivity index (χ4v) is 6.70. The number of sulfonamides is 2. The zero-order valence-corrected chi connectivity index (χ0v) is 18.5. The lowest BCUT2D eigenvalue weighted by atomic mass is 10.3. The van der Waals surface area contributed by atoms with Crippen molar-refractivity contribution in [1.29, 1.82) is 5.26 Å². The molecule has 168 valence electrons. The van der Waals surface area contributed by atoms with E-state index in [0.717, 1.165) is 0 Å². The number of hydrogen-bond acceptors (Lipinski definition) is 6. The molecule has 2 aromatic rings. The SMILES string of the molecule is CS(=O)(=O)N(c1cn(-c2c(Cl)cc(S(F)(F)(F)(F)F)cc2Cl)nc1C#N)S(C)(=O)=O. The van der Waals surface area contributed by atoms with Gasteiger partial charge in [-0.25, -0.2) is 21.5 Å². The first kappa shape index (κ1) is 24.5. The lowest BCUT2D eigenvalue weighted by Gasteiger charge is -2.40. The van der Waals surface area contributed by atoms with Crippen LogP contribution in [0.15, 0.2) is 23.2 Å². The van der Waals surface area contributed by atoms with Crippen molar-refractivity contribution >= 4 is 59.2 Å². The molecule has 0 aliphatic heterocycles. The molecule has 1 heterocycles. The monoisotopic (exact) mass is 534 g/mol. The maximum absolute atomic E-state index is 13.0. The van der Waals surface area contributed by atoms with Gasteiger partial charge in [0.15, 0.2) is 5.69 Å². The maximum atomic E-state index is 13.0. The molecule has 8 nitrogen and oxygen atoms in total. The fourth-order valence-electron chi connectivity index (χ4n) is 2.28. The molecule has 1 aromatic carbocycles. The van der Waals surface area contributed by atoms with Crippen LogP contribution in [0.4, 0.5) is 25.1 Å².